The number of anilines is 2. The first-order valence-electron chi connectivity index (χ1n) is 8.51. The normalized spacial score (nSPS) is 10.3. The third-order valence-corrected chi connectivity index (χ3v) is 3.81. The highest BCUT2D eigenvalue weighted by atomic mass is 16.5. The van der Waals surface area contributed by atoms with Gasteiger partial charge in [0.2, 0.25) is 5.95 Å². The van der Waals surface area contributed by atoms with Gasteiger partial charge in [-0.25, -0.2) is 14.8 Å². The van der Waals surface area contributed by atoms with E-state index in [1.54, 1.807) is 30.3 Å². The maximum absolute atomic E-state index is 12.6. The molecule has 26 heavy (non-hydrogen) atoms. The van der Waals surface area contributed by atoms with Crippen molar-refractivity contribution in [2.45, 2.75) is 26.7 Å². The lowest BCUT2D eigenvalue weighted by molar-refractivity contribution is 0.0600. The number of unbranched alkanes of at least 4 members (excludes halogenated alkanes) is 1. The molecule has 7 nitrogen and oxygen atoms in total. The fourth-order valence-electron chi connectivity index (χ4n) is 2.37. The molecule has 0 atom stereocenters. The zero-order valence-electron chi connectivity index (χ0n) is 15.6. The Morgan fingerprint density at radius 1 is 1.23 bits per heavy atom. The first-order chi connectivity index (χ1) is 12.4. The molecule has 0 spiro atoms. The van der Waals surface area contributed by atoms with Crippen LogP contribution in [0.25, 0.3) is 0 Å². The molecule has 1 amide bonds. The first-order valence-corrected chi connectivity index (χ1v) is 8.51. The Morgan fingerprint density at radius 2 is 2.00 bits per heavy atom. The Balaban J connectivity index is 2.19. The average Bonchev–Trinajstić information content (AvgIpc) is 2.65. The summed E-state index contributed by atoms with van der Waals surface area (Å²) in [5.41, 5.74) is 1.85. The maximum atomic E-state index is 12.6. The first kappa shape index (κ1) is 19.4. The molecule has 1 N–H and O–H groups in total. The number of aryl methyl sites for hydroxylation is 1. The van der Waals surface area contributed by atoms with E-state index in [-0.39, 0.29) is 11.6 Å². The molecule has 0 aliphatic carbocycles. The van der Waals surface area contributed by atoms with Crippen LogP contribution in [0.5, 0.6) is 0 Å². The molecular formula is C19H24N4O3. The van der Waals surface area contributed by atoms with Crippen LogP contribution in [-0.4, -0.2) is 42.5 Å². The average molecular weight is 356 g/mol. The number of amides is 1. The zero-order chi connectivity index (χ0) is 19.1. The Morgan fingerprint density at radius 3 is 2.69 bits per heavy atom. The number of nitrogens with one attached hydrogen (secondary N) is 1. The molecular weight excluding hydrogens is 332 g/mol. The molecule has 138 valence electrons. The van der Waals surface area contributed by atoms with Crippen LogP contribution in [0, 0.1) is 6.92 Å². The summed E-state index contributed by atoms with van der Waals surface area (Å²) >= 11 is 0. The summed E-state index contributed by atoms with van der Waals surface area (Å²) in [5.74, 6) is -0.298. The van der Waals surface area contributed by atoms with E-state index in [2.05, 4.69) is 22.2 Å². The standard InChI is InChI=1S/C19H24N4O3/c1-5-6-10-23(3)19-20-13(2)11-16(22-19)17(24)21-15-9-7-8-14(12-15)18(25)26-4/h7-9,11-12H,5-6,10H2,1-4H3,(H,21,24). The molecule has 0 aliphatic rings. The van der Waals surface area contributed by atoms with Gasteiger partial charge in [-0.2, -0.15) is 0 Å². The molecule has 0 saturated heterocycles. The van der Waals surface area contributed by atoms with Gasteiger partial charge in [-0.3, -0.25) is 4.79 Å². The van der Waals surface area contributed by atoms with Crippen molar-refractivity contribution in [1.82, 2.24) is 9.97 Å². The monoisotopic (exact) mass is 356 g/mol. The molecule has 1 aromatic heterocycles. The van der Waals surface area contributed by atoms with E-state index in [4.69, 9.17) is 4.74 Å². The molecule has 0 fully saturated rings. The van der Waals surface area contributed by atoms with Crippen molar-refractivity contribution in [3.63, 3.8) is 0 Å². The lowest BCUT2D eigenvalue weighted by atomic mass is 10.2. The van der Waals surface area contributed by atoms with Crippen molar-refractivity contribution in [2.75, 3.05) is 30.9 Å². The summed E-state index contributed by atoms with van der Waals surface area (Å²) < 4.78 is 4.69. The van der Waals surface area contributed by atoms with Gasteiger partial charge in [0.05, 0.1) is 12.7 Å². The van der Waals surface area contributed by atoms with Crippen molar-refractivity contribution in [3.05, 3.63) is 47.3 Å². The van der Waals surface area contributed by atoms with Crippen molar-refractivity contribution >= 4 is 23.5 Å². The van der Waals surface area contributed by atoms with Crippen molar-refractivity contribution in [3.8, 4) is 0 Å². The number of rotatable bonds is 7. The quantitative estimate of drug-likeness (QED) is 0.768. The van der Waals surface area contributed by atoms with Crippen molar-refractivity contribution < 1.29 is 14.3 Å². The van der Waals surface area contributed by atoms with E-state index in [9.17, 15) is 9.59 Å². The van der Waals surface area contributed by atoms with Gasteiger partial charge in [-0.15, -0.1) is 0 Å². The van der Waals surface area contributed by atoms with Crippen LogP contribution >= 0.6 is 0 Å². The highest BCUT2D eigenvalue weighted by Gasteiger charge is 2.14. The van der Waals surface area contributed by atoms with E-state index >= 15 is 0 Å². The van der Waals surface area contributed by atoms with Crippen LogP contribution < -0.4 is 10.2 Å². The summed E-state index contributed by atoms with van der Waals surface area (Å²) in [5, 5.41) is 2.76. The lowest BCUT2D eigenvalue weighted by Crippen LogP contribution is -2.23. The minimum absolute atomic E-state index is 0.277. The predicted octanol–water partition coefficient (Wildman–Crippen LogP) is 3.06. The molecule has 0 unspecified atom stereocenters. The fourth-order valence-corrected chi connectivity index (χ4v) is 2.37. The van der Waals surface area contributed by atoms with Crippen LogP contribution in [0.2, 0.25) is 0 Å². The largest absolute Gasteiger partial charge is 0.465 e. The Bertz CT molecular complexity index is 792. The Labute approximate surface area is 153 Å². The summed E-state index contributed by atoms with van der Waals surface area (Å²) in [6.45, 7) is 4.77. The van der Waals surface area contributed by atoms with Crippen LogP contribution in [0.1, 0.15) is 46.3 Å². The van der Waals surface area contributed by atoms with E-state index < -0.39 is 5.97 Å². The number of hydrogen-bond donors (Lipinski definition) is 1. The van der Waals surface area contributed by atoms with Gasteiger partial charge in [0, 0.05) is 25.0 Å². The molecule has 1 aromatic carbocycles. The summed E-state index contributed by atoms with van der Waals surface area (Å²) in [4.78, 5) is 34.9. The summed E-state index contributed by atoms with van der Waals surface area (Å²) in [6.07, 6.45) is 2.09. The Hall–Kier alpha value is -2.96. The molecule has 2 aromatic rings. The second-order valence-electron chi connectivity index (χ2n) is 6.00. The number of nitrogens with zero attached hydrogens (tertiary/aromatic N) is 3. The van der Waals surface area contributed by atoms with Crippen LogP contribution in [0.15, 0.2) is 30.3 Å². The van der Waals surface area contributed by atoms with Gasteiger partial charge >= 0.3 is 5.97 Å². The second-order valence-corrected chi connectivity index (χ2v) is 6.00. The number of esters is 1. The molecule has 7 heteroatoms. The van der Waals surface area contributed by atoms with E-state index in [1.165, 1.54) is 7.11 Å². The number of hydrogen-bond acceptors (Lipinski definition) is 6. The number of benzene rings is 1. The smallest absolute Gasteiger partial charge is 0.337 e. The minimum Gasteiger partial charge on any atom is -0.465 e. The van der Waals surface area contributed by atoms with Crippen molar-refractivity contribution in [1.29, 1.82) is 0 Å². The van der Waals surface area contributed by atoms with Gasteiger partial charge < -0.3 is 15.0 Å². The maximum Gasteiger partial charge on any atom is 0.337 e. The lowest BCUT2D eigenvalue weighted by Gasteiger charge is -2.17. The summed E-state index contributed by atoms with van der Waals surface area (Å²) in [7, 11) is 3.22. The van der Waals surface area contributed by atoms with E-state index in [1.807, 2.05) is 18.9 Å². The molecule has 2 rings (SSSR count). The SMILES string of the molecule is CCCCN(C)c1nc(C)cc(C(=O)Nc2cccc(C(=O)OC)c2)n1. The van der Waals surface area contributed by atoms with E-state index in [0.29, 0.717) is 22.9 Å². The molecule has 0 aliphatic heterocycles. The number of carbonyl (C=O) groups is 2. The molecule has 0 bridgehead atoms. The van der Waals surface area contributed by atoms with Gasteiger partial charge in [0.15, 0.2) is 0 Å². The number of ether oxygens (including phenoxy) is 1. The second kappa shape index (κ2) is 8.94. The van der Waals surface area contributed by atoms with Gasteiger partial charge in [0.1, 0.15) is 5.69 Å². The molecule has 0 radical (unpaired) electrons. The van der Waals surface area contributed by atoms with Crippen LogP contribution in [-0.2, 0) is 4.74 Å². The number of carbonyl (C=O) groups excluding carboxylic acids is 2. The van der Waals surface area contributed by atoms with Gasteiger partial charge in [0.25, 0.3) is 5.91 Å². The topological polar surface area (TPSA) is 84.4 Å². The minimum atomic E-state index is -0.459. The molecule has 1 heterocycles. The highest BCUT2D eigenvalue weighted by Crippen LogP contribution is 2.15. The van der Waals surface area contributed by atoms with Gasteiger partial charge in [-0.05, 0) is 37.6 Å². The fraction of sp³-hybridized carbons (Fsp3) is 0.368. The number of methoxy groups -OCH3 is 1. The molecule has 0 saturated carbocycles. The number of aromatic nitrogens is 2. The highest BCUT2D eigenvalue weighted by molar-refractivity contribution is 6.03. The zero-order valence-corrected chi connectivity index (χ0v) is 15.6. The van der Waals surface area contributed by atoms with Crippen LogP contribution in [0.3, 0.4) is 0 Å². The summed E-state index contributed by atoms with van der Waals surface area (Å²) in [6, 6.07) is 8.20. The van der Waals surface area contributed by atoms with Gasteiger partial charge in [-0.1, -0.05) is 19.4 Å². The predicted molar refractivity (Wildman–Crippen MR) is 101 cm³/mol. The van der Waals surface area contributed by atoms with Crippen molar-refractivity contribution in [2.24, 2.45) is 0 Å². The van der Waals surface area contributed by atoms with E-state index in [0.717, 1.165) is 19.4 Å². The van der Waals surface area contributed by atoms with Crippen LogP contribution in [0.4, 0.5) is 11.6 Å². The third kappa shape index (κ3) is 5.02. The third-order valence-electron chi connectivity index (χ3n) is 3.81. The Kier molecular flexibility index (Phi) is 6.66.